The van der Waals surface area contributed by atoms with Crippen LogP contribution >= 0.6 is 11.3 Å². The van der Waals surface area contributed by atoms with E-state index in [-0.39, 0.29) is 6.10 Å². The monoisotopic (exact) mass is 327 g/mol. The maximum atomic E-state index is 5.83. The highest BCUT2D eigenvalue weighted by Gasteiger charge is 2.27. The molecule has 0 amide bonds. The molecule has 3 heterocycles. The molecule has 118 valence electrons. The van der Waals surface area contributed by atoms with Crippen LogP contribution in [0.15, 0.2) is 52.4 Å². The topological polar surface area (TPSA) is 51.4 Å². The molecule has 2 aromatic heterocycles. The number of rotatable bonds is 4. The van der Waals surface area contributed by atoms with Crippen molar-refractivity contribution in [1.29, 1.82) is 0 Å². The van der Waals surface area contributed by atoms with Gasteiger partial charge in [-0.25, -0.2) is 0 Å². The van der Waals surface area contributed by atoms with E-state index in [4.69, 9.17) is 9.26 Å². The zero-order valence-electron chi connectivity index (χ0n) is 12.6. The summed E-state index contributed by atoms with van der Waals surface area (Å²) in [6.45, 7) is 3.32. The predicted octanol–water partition coefficient (Wildman–Crippen LogP) is 3.37. The summed E-state index contributed by atoms with van der Waals surface area (Å²) >= 11 is 1.78. The highest BCUT2D eigenvalue weighted by Crippen LogP contribution is 2.25. The van der Waals surface area contributed by atoms with Crippen LogP contribution in [0.4, 0.5) is 0 Å². The molecule has 0 bridgehead atoms. The second-order valence-electron chi connectivity index (χ2n) is 5.50. The van der Waals surface area contributed by atoms with E-state index in [1.807, 2.05) is 30.3 Å². The number of ether oxygens (including phenoxy) is 1. The van der Waals surface area contributed by atoms with E-state index >= 15 is 0 Å². The molecule has 4 rings (SSSR count). The first kappa shape index (κ1) is 14.6. The SMILES string of the molecule is c1ccc(-c2noc(C3CN(Cc4cccs4)CCO3)n2)cc1. The molecule has 1 fully saturated rings. The minimum atomic E-state index is -0.159. The molecule has 1 aromatic carbocycles. The van der Waals surface area contributed by atoms with Gasteiger partial charge in [-0.3, -0.25) is 4.90 Å². The van der Waals surface area contributed by atoms with E-state index in [9.17, 15) is 0 Å². The zero-order valence-corrected chi connectivity index (χ0v) is 13.4. The van der Waals surface area contributed by atoms with Gasteiger partial charge in [-0.05, 0) is 11.4 Å². The molecule has 23 heavy (non-hydrogen) atoms. The van der Waals surface area contributed by atoms with E-state index in [1.54, 1.807) is 11.3 Å². The third-order valence-electron chi connectivity index (χ3n) is 3.86. The molecule has 1 aliphatic rings. The van der Waals surface area contributed by atoms with Gasteiger partial charge < -0.3 is 9.26 Å². The quantitative estimate of drug-likeness (QED) is 0.735. The molecule has 3 aromatic rings. The Labute approximate surface area is 138 Å². The Hall–Kier alpha value is -2.02. The summed E-state index contributed by atoms with van der Waals surface area (Å²) in [6, 6.07) is 14.1. The largest absolute Gasteiger partial charge is 0.366 e. The van der Waals surface area contributed by atoms with Crippen molar-refractivity contribution in [2.75, 3.05) is 19.7 Å². The van der Waals surface area contributed by atoms with Gasteiger partial charge in [0.1, 0.15) is 6.10 Å². The highest BCUT2D eigenvalue weighted by molar-refractivity contribution is 7.09. The first-order chi connectivity index (χ1) is 11.4. The third-order valence-corrected chi connectivity index (χ3v) is 4.72. The van der Waals surface area contributed by atoms with Crippen molar-refractivity contribution in [2.24, 2.45) is 0 Å². The Balaban J connectivity index is 1.46. The predicted molar refractivity (Wildman–Crippen MR) is 88.0 cm³/mol. The molecule has 5 nitrogen and oxygen atoms in total. The molecule has 1 unspecified atom stereocenters. The van der Waals surface area contributed by atoms with Crippen LogP contribution in [0, 0.1) is 0 Å². The molecular formula is C17H17N3O2S. The van der Waals surface area contributed by atoms with Crippen LogP contribution in [0.2, 0.25) is 0 Å². The van der Waals surface area contributed by atoms with Gasteiger partial charge in [-0.2, -0.15) is 4.98 Å². The summed E-state index contributed by atoms with van der Waals surface area (Å²) < 4.78 is 11.3. The van der Waals surface area contributed by atoms with Crippen LogP contribution in [-0.4, -0.2) is 34.7 Å². The molecule has 6 heteroatoms. The fourth-order valence-corrected chi connectivity index (χ4v) is 3.44. The van der Waals surface area contributed by atoms with Gasteiger partial charge in [0, 0.05) is 30.1 Å². The second-order valence-corrected chi connectivity index (χ2v) is 6.53. The number of morpholine rings is 1. The molecule has 0 radical (unpaired) electrons. The maximum Gasteiger partial charge on any atom is 0.257 e. The summed E-state index contributed by atoms with van der Waals surface area (Å²) in [7, 11) is 0. The lowest BCUT2D eigenvalue weighted by atomic mass is 10.2. The standard InChI is InChI=1S/C17H17N3O2S/c1-2-5-13(6-3-1)16-18-17(22-19-16)15-12-20(8-9-21-15)11-14-7-4-10-23-14/h1-7,10,15H,8-9,11-12H2. The lowest BCUT2D eigenvalue weighted by molar-refractivity contribution is -0.0472. The first-order valence-corrected chi connectivity index (χ1v) is 8.52. The minimum Gasteiger partial charge on any atom is -0.366 e. The van der Waals surface area contributed by atoms with Crippen molar-refractivity contribution in [2.45, 2.75) is 12.6 Å². The number of hydrogen-bond donors (Lipinski definition) is 0. The Kier molecular flexibility index (Phi) is 4.19. The van der Waals surface area contributed by atoms with Crippen LogP contribution in [-0.2, 0) is 11.3 Å². The van der Waals surface area contributed by atoms with Crippen LogP contribution < -0.4 is 0 Å². The van der Waals surface area contributed by atoms with E-state index in [0.717, 1.165) is 25.2 Å². The molecule has 0 saturated carbocycles. The normalized spacial score (nSPS) is 19.0. The Bertz CT molecular complexity index is 742. The maximum absolute atomic E-state index is 5.83. The van der Waals surface area contributed by atoms with Gasteiger partial charge in [0.05, 0.1) is 6.61 Å². The Morgan fingerprint density at radius 2 is 2.09 bits per heavy atom. The van der Waals surface area contributed by atoms with E-state index in [1.165, 1.54) is 4.88 Å². The van der Waals surface area contributed by atoms with Crippen molar-refractivity contribution in [3.8, 4) is 11.4 Å². The smallest absolute Gasteiger partial charge is 0.257 e. The van der Waals surface area contributed by atoms with E-state index < -0.39 is 0 Å². The lowest BCUT2D eigenvalue weighted by Crippen LogP contribution is -2.37. The average Bonchev–Trinajstić information content (AvgIpc) is 3.28. The van der Waals surface area contributed by atoms with Gasteiger partial charge in [0.15, 0.2) is 0 Å². The minimum absolute atomic E-state index is 0.159. The van der Waals surface area contributed by atoms with E-state index in [0.29, 0.717) is 18.3 Å². The molecule has 0 N–H and O–H groups in total. The highest BCUT2D eigenvalue weighted by atomic mass is 32.1. The van der Waals surface area contributed by atoms with Crippen molar-refractivity contribution in [3.05, 3.63) is 58.6 Å². The molecule has 0 spiro atoms. The second kappa shape index (κ2) is 6.62. The Morgan fingerprint density at radius 3 is 2.91 bits per heavy atom. The molecule has 1 aliphatic heterocycles. The molecule has 1 saturated heterocycles. The average molecular weight is 327 g/mol. The van der Waals surface area contributed by atoms with Crippen molar-refractivity contribution < 1.29 is 9.26 Å². The van der Waals surface area contributed by atoms with Crippen molar-refractivity contribution >= 4 is 11.3 Å². The third kappa shape index (κ3) is 3.34. The first-order valence-electron chi connectivity index (χ1n) is 7.64. The van der Waals surface area contributed by atoms with Gasteiger partial charge in [-0.1, -0.05) is 41.6 Å². The number of hydrogen-bond acceptors (Lipinski definition) is 6. The van der Waals surface area contributed by atoms with Crippen LogP contribution in [0.3, 0.4) is 0 Å². The van der Waals surface area contributed by atoms with Crippen LogP contribution in [0.5, 0.6) is 0 Å². The summed E-state index contributed by atoms with van der Waals surface area (Å²) in [5.74, 6) is 1.17. The van der Waals surface area contributed by atoms with Crippen LogP contribution in [0.1, 0.15) is 16.9 Å². The fraction of sp³-hybridized carbons (Fsp3) is 0.294. The van der Waals surface area contributed by atoms with E-state index in [2.05, 4.69) is 32.6 Å². The molecular weight excluding hydrogens is 310 g/mol. The summed E-state index contributed by atoms with van der Waals surface area (Å²) in [4.78, 5) is 8.24. The number of aromatic nitrogens is 2. The summed E-state index contributed by atoms with van der Waals surface area (Å²) in [5, 5.41) is 6.19. The fourth-order valence-electron chi connectivity index (χ4n) is 2.69. The van der Waals surface area contributed by atoms with Gasteiger partial charge in [0.25, 0.3) is 5.89 Å². The van der Waals surface area contributed by atoms with Crippen LogP contribution in [0.25, 0.3) is 11.4 Å². The van der Waals surface area contributed by atoms with Gasteiger partial charge >= 0.3 is 0 Å². The number of thiophene rings is 1. The van der Waals surface area contributed by atoms with Crippen molar-refractivity contribution in [1.82, 2.24) is 15.0 Å². The molecule has 0 aliphatic carbocycles. The molecule has 1 atom stereocenters. The van der Waals surface area contributed by atoms with Gasteiger partial charge in [0.2, 0.25) is 5.82 Å². The van der Waals surface area contributed by atoms with Crippen molar-refractivity contribution in [3.63, 3.8) is 0 Å². The lowest BCUT2D eigenvalue weighted by Gasteiger charge is -2.30. The number of benzene rings is 1. The Morgan fingerprint density at radius 1 is 1.17 bits per heavy atom. The summed E-state index contributed by atoms with van der Waals surface area (Å²) in [5.41, 5.74) is 0.953. The summed E-state index contributed by atoms with van der Waals surface area (Å²) in [6.07, 6.45) is -0.159. The zero-order chi connectivity index (χ0) is 15.5. The van der Waals surface area contributed by atoms with Gasteiger partial charge in [-0.15, -0.1) is 11.3 Å². The number of nitrogens with zero attached hydrogens (tertiary/aromatic N) is 3.